The lowest BCUT2D eigenvalue weighted by molar-refractivity contribution is -0.133. The standard InChI is InChI=1S/C16H14N2O5S/c1-22-13-7-3-4-8-14(13)23-16(19)11-18-24(20,21)15-9-5-2-6-12(15)10-17/h2-9,18H,11H2,1H3. The molecule has 0 fully saturated rings. The van der Waals surface area contributed by atoms with Gasteiger partial charge in [0.15, 0.2) is 11.5 Å². The molecule has 0 aliphatic carbocycles. The highest BCUT2D eigenvalue weighted by molar-refractivity contribution is 7.89. The smallest absolute Gasteiger partial charge is 0.326 e. The molecule has 8 heteroatoms. The van der Waals surface area contributed by atoms with Gasteiger partial charge < -0.3 is 9.47 Å². The fraction of sp³-hybridized carbons (Fsp3) is 0.125. The maximum absolute atomic E-state index is 12.2. The van der Waals surface area contributed by atoms with Gasteiger partial charge in [-0.1, -0.05) is 24.3 Å². The highest BCUT2D eigenvalue weighted by atomic mass is 32.2. The van der Waals surface area contributed by atoms with Gasteiger partial charge in [-0.3, -0.25) is 4.79 Å². The number of rotatable bonds is 6. The van der Waals surface area contributed by atoms with Gasteiger partial charge in [0.2, 0.25) is 10.0 Å². The third-order valence-electron chi connectivity index (χ3n) is 3.00. The Labute approximate surface area is 139 Å². The lowest BCUT2D eigenvalue weighted by Gasteiger charge is -2.10. The average molecular weight is 346 g/mol. The molecule has 0 amide bonds. The zero-order valence-electron chi connectivity index (χ0n) is 12.7. The summed E-state index contributed by atoms with van der Waals surface area (Å²) in [6.45, 7) is -0.583. The van der Waals surface area contributed by atoms with E-state index in [1.807, 2.05) is 0 Å². The molecule has 0 aliphatic heterocycles. The van der Waals surface area contributed by atoms with Crippen molar-refractivity contribution in [1.82, 2.24) is 4.72 Å². The van der Waals surface area contributed by atoms with Crippen LogP contribution in [0.1, 0.15) is 5.56 Å². The molecule has 0 atom stereocenters. The number of nitrogens with one attached hydrogen (secondary N) is 1. The van der Waals surface area contributed by atoms with E-state index in [0.29, 0.717) is 5.75 Å². The summed E-state index contributed by atoms with van der Waals surface area (Å²) in [5.74, 6) is -0.275. The quantitative estimate of drug-likeness (QED) is 0.627. The predicted octanol–water partition coefficient (Wildman–Crippen LogP) is 1.45. The Morgan fingerprint density at radius 2 is 1.75 bits per heavy atom. The van der Waals surface area contributed by atoms with Crippen molar-refractivity contribution in [2.24, 2.45) is 0 Å². The first kappa shape index (κ1) is 17.5. The second-order valence-corrected chi connectivity index (χ2v) is 6.29. The molecule has 2 aromatic rings. The van der Waals surface area contributed by atoms with E-state index in [2.05, 4.69) is 4.72 Å². The number of hydrogen-bond acceptors (Lipinski definition) is 6. The molecule has 0 saturated heterocycles. The monoisotopic (exact) mass is 346 g/mol. The molecule has 0 saturated carbocycles. The second kappa shape index (κ2) is 7.59. The first-order valence-electron chi connectivity index (χ1n) is 6.80. The van der Waals surface area contributed by atoms with E-state index < -0.39 is 22.5 Å². The minimum atomic E-state index is -4.01. The van der Waals surface area contributed by atoms with Crippen molar-refractivity contribution in [3.63, 3.8) is 0 Å². The summed E-state index contributed by atoms with van der Waals surface area (Å²) < 4.78 is 36.6. The number of hydrogen-bond donors (Lipinski definition) is 1. The van der Waals surface area contributed by atoms with Crippen LogP contribution in [0.15, 0.2) is 53.4 Å². The van der Waals surface area contributed by atoms with Crippen LogP contribution in [-0.2, 0) is 14.8 Å². The molecule has 0 heterocycles. The van der Waals surface area contributed by atoms with Crippen LogP contribution < -0.4 is 14.2 Å². The number of ether oxygens (including phenoxy) is 2. The highest BCUT2D eigenvalue weighted by Crippen LogP contribution is 2.25. The molecule has 24 heavy (non-hydrogen) atoms. The molecular formula is C16H14N2O5S. The van der Waals surface area contributed by atoms with Gasteiger partial charge in [-0.25, -0.2) is 8.42 Å². The van der Waals surface area contributed by atoms with Crippen molar-refractivity contribution in [3.8, 4) is 17.6 Å². The summed E-state index contributed by atoms with van der Waals surface area (Å²) in [5, 5.41) is 8.96. The van der Waals surface area contributed by atoms with Crippen molar-refractivity contribution in [2.45, 2.75) is 4.90 Å². The summed E-state index contributed by atoms with van der Waals surface area (Å²) in [7, 11) is -2.59. The predicted molar refractivity (Wildman–Crippen MR) is 85.0 cm³/mol. The molecule has 2 rings (SSSR count). The molecule has 0 aliphatic rings. The Morgan fingerprint density at radius 3 is 2.42 bits per heavy atom. The maximum atomic E-state index is 12.2. The van der Waals surface area contributed by atoms with Gasteiger partial charge in [0.1, 0.15) is 12.6 Å². The average Bonchev–Trinajstić information content (AvgIpc) is 2.60. The molecule has 0 unspecified atom stereocenters. The van der Waals surface area contributed by atoms with Crippen molar-refractivity contribution >= 4 is 16.0 Å². The number of nitriles is 1. The first-order chi connectivity index (χ1) is 11.5. The number of nitrogens with zero attached hydrogens (tertiary/aromatic N) is 1. The van der Waals surface area contributed by atoms with E-state index in [-0.39, 0.29) is 16.2 Å². The van der Waals surface area contributed by atoms with Crippen LogP contribution in [0.5, 0.6) is 11.5 Å². The molecule has 0 bridgehead atoms. The lowest BCUT2D eigenvalue weighted by atomic mass is 10.2. The molecule has 0 radical (unpaired) electrons. The van der Waals surface area contributed by atoms with Crippen LogP contribution >= 0.6 is 0 Å². The van der Waals surface area contributed by atoms with E-state index in [9.17, 15) is 13.2 Å². The maximum Gasteiger partial charge on any atom is 0.326 e. The zero-order valence-corrected chi connectivity index (χ0v) is 13.5. The van der Waals surface area contributed by atoms with Gasteiger partial charge in [0.25, 0.3) is 0 Å². The Hall–Kier alpha value is -2.89. The Balaban J connectivity index is 2.07. The van der Waals surface area contributed by atoms with E-state index in [4.69, 9.17) is 14.7 Å². The van der Waals surface area contributed by atoms with Crippen LogP contribution in [-0.4, -0.2) is 28.0 Å². The topological polar surface area (TPSA) is 105 Å². The second-order valence-electron chi connectivity index (χ2n) is 4.56. The van der Waals surface area contributed by atoms with Gasteiger partial charge in [-0.15, -0.1) is 0 Å². The molecule has 2 aromatic carbocycles. The fourth-order valence-corrected chi connectivity index (χ4v) is 3.01. The van der Waals surface area contributed by atoms with Crippen LogP contribution in [0.3, 0.4) is 0 Å². The summed E-state index contributed by atoms with van der Waals surface area (Å²) in [6.07, 6.45) is 0. The fourth-order valence-electron chi connectivity index (χ4n) is 1.89. The summed E-state index contributed by atoms with van der Waals surface area (Å²) in [5.41, 5.74) is -0.0110. The van der Waals surface area contributed by atoms with Gasteiger partial charge in [0.05, 0.1) is 17.6 Å². The van der Waals surface area contributed by atoms with E-state index in [0.717, 1.165) is 0 Å². The van der Waals surface area contributed by atoms with Crippen LogP contribution in [0.2, 0.25) is 0 Å². The molecule has 1 N–H and O–H groups in total. The van der Waals surface area contributed by atoms with Crippen molar-refractivity contribution in [2.75, 3.05) is 13.7 Å². The SMILES string of the molecule is COc1ccccc1OC(=O)CNS(=O)(=O)c1ccccc1C#N. The summed E-state index contributed by atoms with van der Waals surface area (Å²) >= 11 is 0. The number of carbonyl (C=O) groups is 1. The Bertz CT molecular complexity index is 887. The molecule has 7 nitrogen and oxygen atoms in total. The molecule has 124 valence electrons. The lowest BCUT2D eigenvalue weighted by Crippen LogP contribution is -2.32. The van der Waals surface area contributed by atoms with Crippen LogP contribution in [0.25, 0.3) is 0 Å². The van der Waals surface area contributed by atoms with Crippen molar-refractivity contribution in [3.05, 3.63) is 54.1 Å². The Kier molecular flexibility index (Phi) is 5.52. The van der Waals surface area contributed by atoms with Crippen LogP contribution in [0, 0.1) is 11.3 Å². The van der Waals surface area contributed by atoms with Crippen LogP contribution in [0.4, 0.5) is 0 Å². The molecule has 0 aromatic heterocycles. The largest absolute Gasteiger partial charge is 0.493 e. The van der Waals surface area contributed by atoms with E-state index >= 15 is 0 Å². The normalized spacial score (nSPS) is 10.7. The number of sulfonamides is 1. The molecular weight excluding hydrogens is 332 g/mol. The third kappa shape index (κ3) is 4.10. The first-order valence-corrected chi connectivity index (χ1v) is 8.28. The van der Waals surface area contributed by atoms with Gasteiger partial charge in [0, 0.05) is 0 Å². The number of benzene rings is 2. The minimum Gasteiger partial charge on any atom is -0.493 e. The Morgan fingerprint density at radius 1 is 1.12 bits per heavy atom. The van der Waals surface area contributed by atoms with Gasteiger partial charge in [-0.05, 0) is 24.3 Å². The summed E-state index contributed by atoms with van der Waals surface area (Å²) in [4.78, 5) is 11.6. The number of methoxy groups -OCH3 is 1. The summed E-state index contributed by atoms with van der Waals surface area (Å²) in [6, 6.07) is 14.0. The van der Waals surface area contributed by atoms with E-state index in [1.165, 1.54) is 31.4 Å². The van der Waals surface area contributed by atoms with Gasteiger partial charge in [-0.2, -0.15) is 9.98 Å². The third-order valence-corrected chi connectivity index (χ3v) is 4.46. The number of esters is 1. The number of carbonyl (C=O) groups excluding carboxylic acids is 1. The number of para-hydroxylation sites is 2. The van der Waals surface area contributed by atoms with Crippen molar-refractivity contribution in [1.29, 1.82) is 5.26 Å². The molecule has 0 spiro atoms. The highest BCUT2D eigenvalue weighted by Gasteiger charge is 2.20. The van der Waals surface area contributed by atoms with E-state index in [1.54, 1.807) is 30.3 Å². The minimum absolute atomic E-state index is 0.0110. The van der Waals surface area contributed by atoms with Crippen molar-refractivity contribution < 1.29 is 22.7 Å². The van der Waals surface area contributed by atoms with Gasteiger partial charge >= 0.3 is 5.97 Å². The zero-order chi connectivity index (χ0) is 17.6.